The van der Waals surface area contributed by atoms with Crippen molar-refractivity contribution in [2.45, 2.75) is 26.1 Å². The van der Waals surface area contributed by atoms with Gasteiger partial charge in [-0.1, -0.05) is 37.3 Å². The molecule has 0 saturated carbocycles. The molecule has 6 heteroatoms. The first-order valence-corrected chi connectivity index (χ1v) is 6.70. The van der Waals surface area contributed by atoms with Crippen molar-refractivity contribution in [3.63, 3.8) is 0 Å². The van der Waals surface area contributed by atoms with Crippen molar-refractivity contribution in [2.75, 3.05) is 0 Å². The summed E-state index contributed by atoms with van der Waals surface area (Å²) in [4.78, 5) is 15.1. The van der Waals surface area contributed by atoms with Gasteiger partial charge in [-0.25, -0.2) is 4.98 Å². The molecular weight excluding hydrogens is 295 g/mol. The predicted octanol–water partition coefficient (Wildman–Crippen LogP) is 4.27. The first kappa shape index (κ1) is 16.0. The van der Waals surface area contributed by atoms with Crippen LogP contribution in [0.1, 0.15) is 35.0 Å². The van der Waals surface area contributed by atoms with Crippen molar-refractivity contribution in [3.8, 4) is 5.88 Å². The van der Waals surface area contributed by atoms with E-state index in [1.54, 1.807) is 24.3 Å². The molecule has 22 heavy (non-hydrogen) atoms. The van der Waals surface area contributed by atoms with Gasteiger partial charge in [0.25, 0.3) is 0 Å². The van der Waals surface area contributed by atoms with E-state index in [-0.39, 0.29) is 18.9 Å². The molecule has 2 rings (SSSR count). The summed E-state index contributed by atoms with van der Waals surface area (Å²) in [5, 5.41) is 0. The number of ether oxygens (including phenoxy) is 1. The summed E-state index contributed by atoms with van der Waals surface area (Å²) >= 11 is 0. The van der Waals surface area contributed by atoms with E-state index in [9.17, 15) is 18.0 Å². The molecular formula is C16H14F3NO2. The number of aromatic nitrogens is 1. The minimum Gasteiger partial charge on any atom is -0.473 e. The molecule has 0 spiro atoms. The molecule has 1 aromatic carbocycles. The van der Waals surface area contributed by atoms with Gasteiger partial charge < -0.3 is 4.74 Å². The summed E-state index contributed by atoms with van der Waals surface area (Å²) in [5.41, 5.74) is -0.821. The molecule has 3 nitrogen and oxygen atoms in total. The Kier molecular flexibility index (Phi) is 4.80. The van der Waals surface area contributed by atoms with Crippen LogP contribution in [0.2, 0.25) is 0 Å². The number of alkyl halides is 3. The lowest BCUT2D eigenvalue weighted by Gasteiger charge is -2.13. The van der Waals surface area contributed by atoms with Crippen molar-refractivity contribution in [2.24, 2.45) is 0 Å². The van der Waals surface area contributed by atoms with E-state index in [2.05, 4.69) is 4.98 Å². The Morgan fingerprint density at radius 2 is 1.82 bits per heavy atom. The zero-order valence-corrected chi connectivity index (χ0v) is 11.9. The molecule has 0 fully saturated rings. The third-order valence-electron chi connectivity index (χ3n) is 2.99. The molecule has 0 atom stereocenters. The van der Waals surface area contributed by atoms with Crippen LogP contribution in [0.15, 0.2) is 42.5 Å². The van der Waals surface area contributed by atoms with Crippen molar-refractivity contribution in [3.05, 3.63) is 59.3 Å². The first-order valence-electron chi connectivity index (χ1n) is 6.70. The Hall–Kier alpha value is -2.37. The highest BCUT2D eigenvalue weighted by Crippen LogP contribution is 2.32. The average molecular weight is 309 g/mol. The number of Topliss-reactive ketones (excluding diaryl/α,β-unsaturated/α-hetero) is 1. The Labute approximate surface area is 125 Å². The monoisotopic (exact) mass is 309 g/mol. The van der Waals surface area contributed by atoms with E-state index in [4.69, 9.17) is 4.74 Å². The number of pyridine rings is 1. The summed E-state index contributed by atoms with van der Waals surface area (Å²) in [5.74, 6) is -0.765. The van der Waals surface area contributed by atoms with Gasteiger partial charge in [-0.3, -0.25) is 4.79 Å². The van der Waals surface area contributed by atoms with Crippen LogP contribution in [0, 0.1) is 0 Å². The fourth-order valence-electron chi connectivity index (χ4n) is 1.88. The third-order valence-corrected chi connectivity index (χ3v) is 2.99. The molecule has 0 unspecified atom stereocenters. The Balaban J connectivity index is 2.25. The lowest BCUT2D eigenvalue weighted by atomic mass is 10.1. The van der Waals surface area contributed by atoms with Gasteiger partial charge in [0.1, 0.15) is 6.61 Å². The molecule has 0 aliphatic rings. The number of halogens is 3. The van der Waals surface area contributed by atoms with Crippen LogP contribution in [0.25, 0.3) is 0 Å². The lowest BCUT2D eigenvalue weighted by Crippen LogP contribution is -2.16. The maximum atomic E-state index is 13.0. The van der Waals surface area contributed by atoms with Crippen molar-refractivity contribution in [1.29, 1.82) is 0 Å². The van der Waals surface area contributed by atoms with Crippen molar-refractivity contribution in [1.82, 2.24) is 4.98 Å². The average Bonchev–Trinajstić information content (AvgIpc) is 2.52. The molecule has 0 radical (unpaired) electrons. The summed E-state index contributed by atoms with van der Waals surface area (Å²) in [6.45, 7) is 1.61. The predicted molar refractivity (Wildman–Crippen MR) is 74.6 cm³/mol. The van der Waals surface area contributed by atoms with Crippen LogP contribution in [0.3, 0.4) is 0 Å². The zero-order chi connectivity index (χ0) is 16.2. The van der Waals surface area contributed by atoms with E-state index >= 15 is 0 Å². The van der Waals surface area contributed by atoms with E-state index in [1.165, 1.54) is 13.0 Å². The van der Waals surface area contributed by atoms with E-state index in [0.717, 1.165) is 11.6 Å². The maximum absolute atomic E-state index is 13.0. The Bertz CT molecular complexity index is 654. The van der Waals surface area contributed by atoms with Gasteiger partial charge in [0.2, 0.25) is 5.88 Å². The molecule has 0 N–H and O–H groups in total. The summed E-state index contributed by atoms with van der Waals surface area (Å²) in [6.07, 6.45) is -4.72. The smallest absolute Gasteiger partial charge is 0.434 e. The SMILES string of the molecule is CCC(=O)c1ccc(OCc2ccccc2)nc1C(F)(F)F. The quantitative estimate of drug-likeness (QED) is 0.774. The normalized spacial score (nSPS) is 11.3. The number of hydrogen-bond acceptors (Lipinski definition) is 3. The lowest BCUT2D eigenvalue weighted by molar-refractivity contribution is -0.141. The van der Waals surface area contributed by atoms with Crippen LogP contribution in [-0.4, -0.2) is 10.8 Å². The van der Waals surface area contributed by atoms with Gasteiger partial charge in [0.15, 0.2) is 11.5 Å². The fraction of sp³-hybridized carbons (Fsp3) is 0.250. The zero-order valence-electron chi connectivity index (χ0n) is 11.9. The minimum atomic E-state index is -4.70. The van der Waals surface area contributed by atoms with Crippen LogP contribution in [0.5, 0.6) is 5.88 Å². The number of rotatable bonds is 5. The molecule has 0 amide bonds. The molecule has 0 bridgehead atoms. The van der Waals surface area contributed by atoms with E-state index in [1.807, 2.05) is 6.07 Å². The van der Waals surface area contributed by atoms with Crippen LogP contribution >= 0.6 is 0 Å². The highest BCUT2D eigenvalue weighted by Gasteiger charge is 2.37. The Morgan fingerprint density at radius 1 is 1.14 bits per heavy atom. The maximum Gasteiger partial charge on any atom is 0.434 e. The molecule has 0 aliphatic heterocycles. The van der Waals surface area contributed by atoms with E-state index < -0.39 is 23.2 Å². The molecule has 116 valence electrons. The number of ketones is 1. The third kappa shape index (κ3) is 3.84. The van der Waals surface area contributed by atoms with Crippen molar-refractivity contribution < 1.29 is 22.7 Å². The number of nitrogens with zero attached hydrogens (tertiary/aromatic N) is 1. The Morgan fingerprint density at radius 3 is 2.41 bits per heavy atom. The number of carbonyl (C=O) groups is 1. The molecule has 0 saturated heterocycles. The van der Waals surface area contributed by atoms with Gasteiger partial charge in [-0.15, -0.1) is 0 Å². The van der Waals surface area contributed by atoms with Crippen LogP contribution in [0.4, 0.5) is 13.2 Å². The van der Waals surface area contributed by atoms with Gasteiger partial charge in [-0.05, 0) is 11.6 Å². The van der Waals surface area contributed by atoms with E-state index in [0.29, 0.717) is 0 Å². The first-order chi connectivity index (χ1) is 10.4. The molecule has 0 aliphatic carbocycles. The number of hydrogen-bond donors (Lipinski definition) is 0. The van der Waals surface area contributed by atoms with Crippen LogP contribution < -0.4 is 4.74 Å². The summed E-state index contributed by atoms with van der Waals surface area (Å²) in [6, 6.07) is 11.4. The second kappa shape index (κ2) is 6.60. The van der Waals surface area contributed by atoms with Crippen molar-refractivity contribution >= 4 is 5.78 Å². The van der Waals surface area contributed by atoms with Crippen LogP contribution in [-0.2, 0) is 12.8 Å². The summed E-state index contributed by atoms with van der Waals surface area (Å²) in [7, 11) is 0. The number of carbonyl (C=O) groups excluding carboxylic acids is 1. The molecule has 1 heterocycles. The summed E-state index contributed by atoms with van der Waals surface area (Å²) < 4.78 is 44.3. The molecule has 2 aromatic rings. The number of benzene rings is 1. The fourth-order valence-corrected chi connectivity index (χ4v) is 1.88. The van der Waals surface area contributed by atoms with Gasteiger partial charge >= 0.3 is 6.18 Å². The van der Waals surface area contributed by atoms with Gasteiger partial charge in [0.05, 0.1) is 0 Å². The highest BCUT2D eigenvalue weighted by molar-refractivity contribution is 5.97. The van der Waals surface area contributed by atoms with Gasteiger partial charge in [-0.2, -0.15) is 13.2 Å². The second-order valence-electron chi connectivity index (χ2n) is 4.59. The topological polar surface area (TPSA) is 39.2 Å². The largest absolute Gasteiger partial charge is 0.473 e. The highest BCUT2D eigenvalue weighted by atomic mass is 19.4. The standard InChI is InChI=1S/C16H14F3NO2/c1-2-13(21)12-8-9-14(20-15(12)16(17,18)19)22-10-11-6-4-3-5-7-11/h3-9H,2,10H2,1H3. The van der Waals surface area contributed by atoms with Gasteiger partial charge in [0, 0.05) is 18.1 Å². The molecule has 1 aromatic heterocycles. The minimum absolute atomic E-state index is 0.0189. The second-order valence-corrected chi connectivity index (χ2v) is 4.59.